The van der Waals surface area contributed by atoms with E-state index >= 15 is 0 Å². The molecule has 0 amide bonds. The Balaban J connectivity index is 3.89. The van der Waals surface area contributed by atoms with E-state index in [4.69, 9.17) is 0 Å². The summed E-state index contributed by atoms with van der Waals surface area (Å²) < 4.78 is 0. The normalized spacial score (nSPS) is 9.50. The molecule has 0 aliphatic carbocycles. The lowest BCUT2D eigenvalue weighted by atomic mass is 10.1. The van der Waals surface area contributed by atoms with Crippen LogP contribution in [0, 0.1) is 10.1 Å². The van der Waals surface area contributed by atoms with Crippen molar-refractivity contribution in [3.8, 4) is 0 Å². The highest BCUT2D eigenvalue weighted by atomic mass is 16.6. The van der Waals surface area contributed by atoms with Crippen LogP contribution in [0.1, 0.15) is 39.5 Å². The molecule has 0 aromatic carbocycles. The van der Waals surface area contributed by atoms with Crippen LogP contribution in [-0.2, 0) is 0 Å². The van der Waals surface area contributed by atoms with E-state index in [1.807, 2.05) is 0 Å². The third-order valence-electron chi connectivity index (χ3n) is 1.67. The van der Waals surface area contributed by atoms with Crippen molar-refractivity contribution in [3.05, 3.63) is 21.8 Å². The van der Waals surface area contributed by atoms with Crippen LogP contribution >= 0.6 is 0 Å². The number of nitrogens with zero attached hydrogens (tertiary/aromatic N) is 1. The summed E-state index contributed by atoms with van der Waals surface area (Å²) >= 11 is 0. The van der Waals surface area contributed by atoms with Crippen molar-refractivity contribution in [2.75, 3.05) is 6.54 Å². The van der Waals surface area contributed by atoms with E-state index in [2.05, 4.69) is 13.8 Å². The fourth-order valence-electron chi connectivity index (χ4n) is 1.17. The van der Waals surface area contributed by atoms with Crippen LogP contribution in [0.3, 0.4) is 0 Å². The summed E-state index contributed by atoms with van der Waals surface area (Å²) in [6.07, 6.45) is 5.91. The first-order chi connectivity index (χ1) is 5.70. The van der Waals surface area contributed by atoms with Gasteiger partial charge in [0.05, 0.1) is 0 Å². The van der Waals surface area contributed by atoms with E-state index < -0.39 is 0 Å². The van der Waals surface area contributed by atoms with Gasteiger partial charge in [0.2, 0.25) is 6.54 Å². The van der Waals surface area contributed by atoms with Crippen LogP contribution in [0.4, 0.5) is 0 Å². The molecule has 3 nitrogen and oxygen atoms in total. The summed E-state index contributed by atoms with van der Waals surface area (Å²) in [5, 5.41) is 10.1. The third-order valence-corrected chi connectivity index (χ3v) is 1.67. The molecule has 0 bridgehead atoms. The zero-order valence-electron chi connectivity index (χ0n) is 7.88. The maximum Gasteiger partial charge on any atom is 0.222 e. The molecule has 0 aliphatic heterocycles. The Labute approximate surface area is 73.6 Å². The second-order valence-corrected chi connectivity index (χ2v) is 2.88. The third kappa shape index (κ3) is 5.89. The first-order valence-corrected chi connectivity index (χ1v) is 4.50. The highest BCUT2D eigenvalue weighted by Gasteiger charge is 1.97. The van der Waals surface area contributed by atoms with Gasteiger partial charge in [0.25, 0.3) is 0 Å². The van der Waals surface area contributed by atoms with Crippen LogP contribution in [0.25, 0.3) is 0 Å². The van der Waals surface area contributed by atoms with Crippen LogP contribution in [0.5, 0.6) is 0 Å². The summed E-state index contributed by atoms with van der Waals surface area (Å²) in [6, 6.07) is 0. The predicted molar refractivity (Wildman–Crippen MR) is 49.8 cm³/mol. The minimum absolute atomic E-state index is 0.0185. The molecular weight excluding hydrogens is 154 g/mol. The Morgan fingerprint density at radius 1 is 1.33 bits per heavy atom. The number of allylic oxidation sites excluding steroid dienone is 1. The molecular formula is C9H17NO2. The van der Waals surface area contributed by atoms with Crippen molar-refractivity contribution in [2.45, 2.75) is 39.5 Å². The Morgan fingerprint density at radius 3 is 2.17 bits per heavy atom. The first kappa shape index (κ1) is 11.1. The summed E-state index contributed by atoms with van der Waals surface area (Å²) in [6.45, 7) is 4.17. The fourth-order valence-corrected chi connectivity index (χ4v) is 1.17. The minimum atomic E-state index is -0.286. The average molecular weight is 171 g/mol. The summed E-state index contributed by atoms with van der Waals surface area (Å²) in [7, 11) is 0. The lowest BCUT2D eigenvalue weighted by Gasteiger charge is -2.01. The minimum Gasteiger partial charge on any atom is -0.264 e. The Kier molecular flexibility index (Phi) is 6.34. The largest absolute Gasteiger partial charge is 0.264 e. The van der Waals surface area contributed by atoms with Crippen molar-refractivity contribution in [1.29, 1.82) is 0 Å². The second kappa shape index (κ2) is 6.83. The van der Waals surface area contributed by atoms with Crippen molar-refractivity contribution in [2.24, 2.45) is 0 Å². The van der Waals surface area contributed by atoms with E-state index in [1.54, 1.807) is 6.08 Å². The van der Waals surface area contributed by atoms with Gasteiger partial charge in [0.15, 0.2) is 0 Å². The van der Waals surface area contributed by atoms with Crippen LogP contribution in [-0.4, -0.2) is 11.5 Å². The molecule has 0 heterocycles. The SMILES string of the molecule is CCCC(=CC[N+](=O)[O-])CCC. The predicted octanol–water partition coefficient (Wildman–Crippen LogP) is 2.79. The molecule has 0 rings (SSSR count). The monoisotopic (exact) mass is 171 g/mol. The zero-order valence-corrected chi connectivity index (χ0v) is 7.88. The van der Waals surface area contributed by atoms with Gasteiger partial charge in [-0.15, -0.1) is 0 Å². The molecule has 0 aromatic rings. The molecule has 0 saturated heterocycles. The van der Waals surface area contributed by atoms with Gasteiger partial charge >= 0.3 is 0 Å². The van der Waals surface area contributed by atoms with Gasteiger partial charge in [-0.25, -0.2) is 0 Å². The maximum absolute atomic E-state index is 10.1. The average Bonchev–Trinajstić information content (AvgIpc) is 2.01. The lowest BCUT2D eigenvalue weighted by molar-refractivity contribution is -0.468. The smallest absolute Gasteiger partial charge is 0.222 e. The van der Waals surface area contributed by atoms with Crippen molar-refractivity contribution >= 4 is 0 Å². The van der Waals surface area contributed by atoms with Gasteiger partial charge in [-0.05, 0) is 18.9 Å². The Hall–Kier alpha value is -0.860. The Bertz CT molecular complexity index is 156. The van der Waals surface area contributed by atoms with Crippen LogP contribution in [0.15, 0.2) is 11.6 Å². The highest BCUT2D eigenvalue weighted by Crippen LogP contribution is 2.11. The molecule has 0 unspecified atom stereocenters. The van der Waals surface area contributed by atoms with Gasteiger partial charge in [0, 0.05) is 4.92 Å². The molecule has 0 N–H and O–H groups in total. The van der Waals surface area contributed by atoms with Gasteiger partial charge < -0.3 is 0 Å². The van der Waals surface area contributed by atoms with E-state index in [0.717, 1.165) is 25.7 Å². The fraction of sp³-hybridized carbons (Fsp3) is 0.778. The zero-order chi connectivity index (χ0) is 9.40. The molecule has 0 spiro atoms. The van der Waals surface area contributed by atoms with E-state index in [9.17, 15) is 10.1 Å². The number of rotatable bonds is 6. The Morgan fingerprint density at radius 2 is 1.83 bits per heavy atom. The van der Waals surface area contributed by atoms with E-state index in [-0.39, 0.29) is 11.5 Å². The molecule has 0 aromatic heterocycles. The molecule has 0 radical (unpaired) electrons. The highest BCUT2D eigenvalue weighted by molar-refractivity contribution is 5.01. The van der Waals surface area contributed by atoms with Crippen molar-refractivity contribution in [1.82, 2.24) is 0 Å². The van der Waals surface area contributed by atoms with E-state index in [1.165, 1.54) is 5.57 Å². The molecule has 0 aliphatic rings. The summed E-state index contributed by atoms with van der Waals surface area (Å²) in [4.78, 5) is 9.79. The number of hydrogen-bond acceptors (Lipinski definition) is 2. The maximum atomic E-state index is 10.1. The van der Waals surface area contributed by atoms with Gasteiger partial charge in [0.1, 0.15) is 0 Å². The number of hydrogen-bond donors (Lipinski definition) is 0. The van der Waals surface area contributed by atoms with Crippen molar-refractivity contribution in [3.63, 3.8) is 0 Å². The molecule has 12 heavy (non-hydrogen) atoms. The second-order valence-electron chi connectivity index (χ2n) is 2.88. The van der Waals surface area contributed by atoms with E-state index in [0.29, 0.717) is 0 Å². The molecule has 0 saturated carbocycles. The quantitative estimate of drug-likeness (QED) is 0.350. The van der Waals surface area contributed by atoms with Crippen LogP contribution < -0.4 is 0 Å². The first-order valence-electron chi connectivity index (χ1n) is 4.50. The lowest BCUT2D eigenvalue weighted by Crippen LogP contribution is -1.98. The van der Waals surface area contributed by atoms with Gasteiger partial charge in [-0.3, -0.25) is 10.1 Å². The summed E-state index contributed by atoms with van der Waals surface area (Å²) in [5.41, 5.74) is 1.23. The standard InChI is InChI=1S/C9H17NO2/c1-3-5-9(6-4-2)7-8-10(11)12/h7H,3-6,8H2,1-2H3. The van der Waals surface area contributed by atoms with Gasteiger partial charge in [-0.1, -0.05) is 32.3 Å². The topological polar surface area (TPSA) is 43.1 Å². The van der Waals surface area contributed by atoms with Crippen molar-refractivity contribution < 1.29 is 4.92 Å². The molecule has 0 fully saturated rings. The summed E-state index contributed by atoms with van der Waals surface area (Å²) in [5.74, 6) is 0. The number of nitro groups is 1. The molecule has 0 atom stereocenters. The molecule has 3 heteroatoms. The molecule has 70 valence electrons. The van der Waals surface area contributed by atoms with Crippen LogP contribution in [0.2, 0.25) is 0 Å². The van der Waals surface area contributed by atoms with Gasteiger partial charge in [-0.2, -0.15) is 0 Å².